The average Bonchev–Trinajstić information content (AvgIpc) is 2.39. The molecule has 1 heterocycles. The second kappa shape index (κ2) is 5.69. The van der Waals surface area contributed by atoms with E-state index in [-0.39, 0.29) is 5.92 Å². The van der Waals surface area contributed by atoms with Gasteiger partial charge in [0.2, 0.25) is 0 Å². The normalized spacial score (nSPS) is 19.0. The van der Waals surface area contributed by atoms with Gasteiger partial charge >= 0.3 is 0 Å². The molecule has 0 spiro atoms. The van der Waals surface area contributed by atoms with Crippen LogP contribution in [0.1, 0.15) is 24.6 Å². The van der Waals surface area contributed by atoms with Crippen molar-refractivity contribution in [3.63, 3.8) is 0 Å². The molecule has 1 aliphatic rings. The van der Waals surface area contributed by atoms with Crippen LogP contribution in [-0.2, 0) is 0 Å². The molecule has 17 heavy (non-hydrogen) atoms. The fourth-order valence-electron chi connectivity index (χ4n) is 2.26. The Hall–Kier alpha value is -0.800. The Morgan fingerprint density at radius 1 is 1.41 bits per heavy atom. The second-order valence-electron chi connectivity index (χ2n) is 4.38. The van der Waals surface area contributed by atoms with Gasteiger partial charge in [-0.05, 0) is 49.5 Å². The number of alkyl halides is 1. The van der Waals surface area contributed by atoms with Gasteiger partial charge in [-0.25, -0.2) is 4.39 Å². The highest BCUT2D eigenvalue weighted by Gasteiger charge is 2.25. The van der Waals surface area contributed by atoms with Gasteiger partial charge in [-0.3, -0.25) is 0 Å². The van der Waals surface area contributed by atoms with Gasteiger partial charge in [-0.2, -0.15) is 0 Å². The van der Waals surface area contributed by atoms with E-state index in [1.54, 1.807) is 25.3 Å². The molecule has 4 heteroatoms. The highest BCUT2D eigenvalue weighted by atomic mass is 35.5. The molecule has 1 aromatic rings. The van der Waals surface area contributed by atoms with Crippen LogP contribution in [0.2, 0.25) is 5.02 Å². The maximum Gasteiger partial charge on any atom is 0.137 e. The van der Waals surface area contributed by atoms with Crippen molar-refractivity contribution in [1.82, 2.24) is 5.32 Å². The second-order valence-corrected chi connectivity index (χ2v) is 4.79. The Balaban J connectivity index is 2.15. The molecule has 1 fully saturated rings. The zero-order valence-electron chi connectivity index (χ0n) is 9.88. The van der Waals surface area contributed by atoms with Crippen molar-refractivity contribution in [2.75, 3.05) is 20.2 Å². The Morgan fingerprint density at radius 2 is 2.12 bits per heavy atom. The summed E-state index contributed by atoms with van der Waals surface area (Å²) in [6.45, 7) is 1.80. The summed E-state index contributed by atoms with van der Waals surface area (Å²) in [4.78, 5) is 0. The SMILES string of the molecule is COc1cc(C(F)C2CCNCC2)ccc1Cl. The largest absolute Gasteiger partial charge is 0.495 e. The average molecular weight is 258 g/mol. The first kappa shape index (κ1) is 12.7. The van der Waals surface area contributed by atoms with Crippen molar-refractivity contribution in [3.05, 3.63) is 28.8 Å². The van der Waals surface area contributed by atoms with E-state index >= 15 is 0 Å². The van der Waals surface area contributed by atoms with Crippen LogP contribution >= 0.6 is 11.6 Å². The van der Waals surface area contributed by atoms with Crippen LogP contribution < -0.4 is 10.1 Å². The first-order valence-corrected chi connectivity index (χ1v) is 6.28. The lowest BCUT2D eigenvalue weighted by atomic mass is 9.89. The van der Waals surface area contributed by atoms with Crippen molar-refractivity contribution in [3.8, 4) is 5.75 Å². The summed E-state index contributed by atoms with van der Waals surface area (Å²) in [6, 6.07) is 5.15. The number of hydrogen-bond acceptors (Lipinski definition) is 2. The van der Waals surface area contributed by atoms with E-state index in [9.17, 15) is 4.39 Å². The van der Waals surface area contributed by atoms with Crippen LogP contribution in [0.25, 0.3) is 0 Å². The molecule has 1 saturated heterocycles. The standard InChI is InChI=1S/C13H17ClFNO/c1-17-12-8-10(2-3-11(12)14)13(15)9-4-6-16-7-5-9/h2-3,8-9,13,16H,4-7H2,1H3. The summed E-state index contributed by atoms with van der Waals surface area (Å²) in [5.74, 6) is 0.642. The summed E-state index contributed by atoms with van der Waals surface area (Å²) in [7, 11) is 1.54. The predicted molar refractivity (Wildman–Crippen MR) is 67.4 cm³/mol. The Morgan fingerprint density at radius 3 is 2.76 bits per heavy atom. The van der Waals surface area contributed by atoms with E-state index in [1.807, 2.05) is 0 Å². The maximum absolute atomic E-state index is 14.3. The lowest BCUT2D eigenvalue weighted by molar-refractivity contribution is 0.190. The van der Waals surface area contributed by atoms with E-state index < -0.39 is 6.17 Å². The maximum atomic E-state index is 14.3. The highest BCUT2D eigenvalue weighted by molar-refractivity contribution is 6.32. The molecule has 1 N–H and O–H groups in total. The van der Waals surface area contributed by atoms with Gasteiger partial charge in [0.25, 0.3) is 0 Å². The molecular weight excluding hydrogens is 241 g/mol. The quantitative estimate of drug-likeness (QED) is 0.897. The highest BCUT2D eigenvalue weighted by Crippen LogP contribution is 2.35. The molecule has 2 rings (SSSR count). The molecule has 0 amide bonds. The minimum Gasteiger partial charge on any atom is -0.495 e. The van der Waals surface area contributed by atoms with E-state index in [0.29, 0.717) is 16.3 Å². The number of rotatable bonds is 3. The number of piperidine rings is 1. The molecule has 2 nitrogen and oxygen atoms in total. The molecule has 0 aromatic heterocycles. The van der Waals surface area contributed by atoms with Crippen molar-refractivity contribution < 1.29 is 9.13 Å². The van der Waals surface area contributed by atoms with E-state index in [1.165, 1.54) is 0 Å². The summed E-state index contributed by atoms with van der Waals surface area (Å²) in [6.07, 6.45) is 0.835. The number of methoxy groups -OCH3 is 1. The van der Waals surface area contributed by atoms with E-state index in [0.717, 1.165) is 25.9 Å². The van der Waals surface area contributed by atoms with Crippen molar-refractivity contribution in [2.24, 2.45) is 5.92 Å². The zero-order chi connectivity index (χ0) is 12.3. The van der Waals surface area contributed by atoms with Crippen LogP contribution in [0.15, 0.2) is 18.2 Å². The smallest absolute Gasteiger partial charge is 0.137 e. The summed E-state index contributed by atoms with van der Waals surface area (Å²) >= 11 is 5.93. The number of nitrogens with one attached hydrogen (secondary N) is 1. The fourth-order valence-corrected chi connectivity index (χ4v) is 2.45. The molecule has 0 aliphatic carbocycles. The lowest BCUT2D eigenvalue weighted by Gasteiger charge is -2.26. The number of ether oxygens (including phenoxy) is 1. The number of halogens is 2. The molecule has 1 aliphatic heterocycles. The first-order valence-electron chi connectivity index (χ1n) is 5.90. The zero-order valence-corrected chi connectivity index (χ0v) is 10.6. The molecule has 0 saturated carbocycles. The molecule has 0 radical (unpaired) electrons. The lowest BCUT2D eigenvalue weighted by Crippen LogP contribution is -2.29. The first-order chi connectivity index (χ1) is 8.22. The van der Waals surface area contributed by atoms with E-state index in [4.69, 9.17) is 16.3 Å². The monoisotopic (exact) mass is 257 g/mol. The molecule has 0 bridgehead atoms. The van der Waals surface area contributed by atoms with Crippen LogP contribution in [0, 0.1) is 5.92 Å². The van der Waals surface area contributed by atoms with Gasteiger partial charge in [0.15, 0.2) is 0 Å². The van der Waals surface area contributed by atoms with Gasteiger partial charge < -0.3 is 10.1 Å². The minimum absolute atomic E-state index is 0.0992. The molecule has 1 aromatic carbocycles. The molecule has 1 atom stereocenters. The Labute approximate surface area is 106 Å². The van der Waals surface area contributed by atoms with Gasteiger partial charge in [-0.1, -0.05) is 17.7 Å². The predicted octanol–water partition coefficient (Wildman–Crippen LogP) is 3.36. The van der Waals surface area contributed by atoms with Gasteiger partial charge in [0, 0.05) is 0 Å². The number of benzene rings is 1. The molecular formula is C13H17ClFNO. The van der Waals surface area contributed by atoms with Gasteiger partial charge in [-0.15, -0.1) is 0 Å². The third kappa shape index (κ3) is 2.90. The van der Waals surface area contributed by atoms with Crippen molar-refractivity contribution >= 4 is 11.6 Å². The minimum atomic E-state index is -0.928. The van der Waals surface area contributed by atoms with Crippen LogP contribution in [0.4, 0.5) is 4.39 Å². The number of hydrogen-bond donors (Lipinski definition) is 1. The summed E-state index contributed by atoms with van der Waals surface area (Å²) < 4.78 is 19.5. The van der Waals surface area contributed by atoms with Crippen LogP contribution in [0.5, 0.6) is 5.75 Å². The van der Waals surface area contributed by atoms with Crippen LogP contribution in [-0.4, -0.2) is 20.2 Å². The van der Waals surface area contributed by atoms with Crippen molar-refractivity contribution in [1.29, 1.82) is 0 Å². The Bertz CT molecular complexity index is 380. The Kier molecular flexibility index (Phi) is 4.24. The fraction of sp³-hybridized carbons (Fsp3) is 0.538. The van der Waals surface area contributed by atoms with Gasteiger partial charge in [0.1, 0.15) is 11.9 Å². The third-order valence-corrected chi connectivity index (χ3v) is 3.60. The molecule has 94 valence electrons. The van der Waals surface area contributed by atoms with Gasteiger partial charge in [0.05, 0.1) is 12.1 Å². The van der Waals surface area contributed by atoms with Crippen LogP contribution in [0.3, 0.4) is 0 Å². The van der Waals surface area contributed by atoms with E-state index in [2.05, 4.69) is 5.32 Å². The van der Waals surface area contributed by atoms with Crippen molar-refractivity contribution in [2.45, 2.75) is 19.0 Å². The topological polar surface area (TPSA) is 21.3 Å². The summed E-state index contributed by atoms with van der Waals surface area (Å²) in [5.41, 5.74) is 0.665. The summed E-state index contributed by atoms with van der Waals surface area (Å²) in [5, 5.41) is 3.76. The molecule has 1 unspecified atom stereocenters. The third-order valence-electron chi connectivity index (χ3n) is 3.29.